The number of aromatic amines is 1. The van der Waals surface area contributed by atoms with E-state index in [1.165, 1.54) is 11.8 Å². The molecule has 0 amide bonds. The number of hydrogen-bond acceptors (Lipinski definition) is 6. The highest BCUT2D eigenvalue weighted by Gasteiger charge is 2.18. The van der Waals surface area contributed by atoms with E-state index in [1.807, 2.05) is 37.3 Å². The van der Waals surface area contributed by atoms with Gasteiger partial charge in [-0.25, -0.2) is 4.98 Å². The van der Waals surface area contributed by atoms with Crippen LogP contribution in [0.2, 0.25) is 0 Å². The van der Waals surface area contributed by atoms with Crippen molar-refractivity contribution in [3.8, 4) is 11.4 Å². The van der Waals surface area contributed by atoms with Crippen molar-refractivity contribution >= 4 is 11.8 Å². The average molecular weight is 315 g/mol. The predicted molar refractivity (Wildman–Crippen MR) is 84.4 cm³/mol. The molecule has 0 saturated carbocycles. The highest BCUT2D eigenvalue weighted by molar-refractivity contribution is 7.99. The second kappa shape index (κ2) is 6.74. The highest BCUT2D eigenvalue weighted by atomic mass is 32.2. The van der Waals surface area contributed by atoms with Gasteiger partial charge in [0.2, 0.25) is 11.0 Å². The van der Waals surface area contributed by atoms with Gasteiger partial charge in [-0.15, -0.1) is 5.10 Å². The molecule has 0 aliphatic carbocycles. The smallest absolute Gasteiger partial charge is 0.239 e. The maximum absolute atomic E-state index is 5.29. The number of rotatable bonds is 6. The lowest BCUT2D eigenvalue weighted by molar-refractivity contribution is 0.374. The third-order valence-corrected chi connectivity index (χ3v) is 4.05. The van der Waals surface area contributed by atoms with Crippen LogP contribution in [0.25, 0.3) is 11.4 Å². The summed E-state index contributed by atoms with van der Waals surface area (Å²) in [5.41, 5.74) is 1.01. The van der Waals surface area contributed by atoms with E-state index in [9.17, 15) is 0 Å². The van der Waals surface area contributed by atoms with Gasteiger partial charge in [0.1, 0.15) is 0 Å². The van der Waals surface area contributed by atoms with E-state index in [0.717, 1.165) is 30.1 Å². The van der Waals surface area contributed by atoms with E-state index in [2.05, 4.69) is 32.2 Å². The van der Waals surface area contributed by atoms with Gasteiger partial charge >= 0.3 is 0 Å². The van der Waals surface area contributed by atoms with Crippen molar-refractivity contribution in [1.82, 2.24) is 25.3 Å². The Kier molecular flexibility index (Phi) is 4.53. The van der Waals surface area contributed by atoms with E-state index in [4.69, 9.17) is 4.52 Å². The molecule has 0 radical (unpaired) electrons. The molecule has 0 bridgehead atoms. The standard InChI is InChI=1S/C15H17N5OS/c1-3-7-12-16-14(21-20-12)10(2)22-15-17-13(18-19-15)11-8-5-4-6-9-11/h4-6,8-10H,3,7H2,1-2H3,(H,17,18,19)/t10-/m0/s1. The quantitative estimate of drug-likeness (QED) is 0.699. The Balaban J connectivity index is 1.69. The Morgan fingerprint density at radius 1 is 1.23 bits per heavy atom. The van der Waals surface area contributed by atoms with Crippen LogP contribution >= 0.6 is 11.8 Å². The fourth-order valence-electron chi connectivity index (χ4n) is 1.99. The van der Waals surface area contributed by atoms with Crippen molar-refractivity contribution in [2.75, 3.05) is 0 Å². The number of nitrogens with zero attached hydrogens (tertiary/aromatic N) is 4. The maximum Gasteiger partial charge on any atom is 0.239 e. The van der Waals surface area contributed by atoms with Crippen LogP contribution in [-0.4, -0.2) is 25.3 Å². The van der Waals surface area contributed by atoms with Gasteiger partial charge in [0.25, 0.3) is 0 Å². The van der Waals surface area contributed by atoms with E-state index in [0.29, 0.717) is 11.0 Å². The molecule has 0 aliphatic heterocycles. The molecule has 7 heteroatoms. The number of H-pyrrole nitrogens is 1. The van der Waals surface area contributed by atoms with Crippen LogP contribution in [0.5, 0.6) is 0 Å². The Hall–Kier alpha value is -2.15. The first-order valence-electron chi connectivity index (χ1n) is 7.23. The van der Waals surface area contributed by atoms with Gasteiger partial charge < -0.3 is 4.52 Å². The minimum absolute atomic E-state index is 0.0116. The van der Waals surface area contributed by atoms with Crippen LogP contribution in [-0.2, 0) is 6.42 Å². The molecule has 2 aromatic heterocycles. The minimum Gasteiger partial charge on any atom is -0.338 e. The number of nitrogens with one attached hydrogen (secondary N) is 1. The van der Waals surface area contributed by atoms with Crippen molar-refractivity contribution < 1.29 is 4.52 Å². The first-order valence-corrected chi connectivity index (χ1v) is 8.11. The second-order valence-corrected chi connectivity index (χ2v) is 6.20. The van der Waals surface area contributed by atoms with Gasteiger partial charge in [-0.3, -0.25) is 5.10 Å². The third kappa shape index (κ3) is 3.36. The van der Waals surface area contributed by atoms with Crippen molar-refractivity contribution in [1.29, 1.82) is 0 Å². The molecular weight excluding hydrogens is 298 g/mol. The molecule has 6 nitrogen and oxygen atoms in total. The molecule has 2 heterocycles. The highest BCUT2D eigenvalue weighted by Crippen LogP contribution is 2.32. The van der Waals surface area contributed by atoms with Crippen molar-refractivity contribution in [3.63, 3.8) is 0 Å². The van der Waals surface area contributed by atoms with Crippen LogP contribution in [0.3, 0.4) is 0 Å². The van der Waals surface area contributed by atoms with Crippen LogP contribution in [0, 0.1) is 0 Å². The zero-order valence-corrected chi connectivity index (χ0v) is 13.3. The van der Waals surface area contributed by atoms with Gasteiger partial charge in [-0.05, 0) is 13.3 Å². The van der Waals surface area contributed by atoms with Crippen LogP contribution in [0.15, 0.2) is 40.0 Å². The van der Waals surface area contributed by atoms with Crippen molar-refractivity contribution in [2.45, 2.75) is 37.1 Å². The summed E-state index contributed by atoms with van der Waals surface area (Å²) in [5.74, 6) is 2.12. The number of thioether (sulfide) groups is 1. The number of aromatic nitrogens is 5. The van der Waals surface area contributed by atoms with Gasteiger partial charge in [0.05, 0.1) is 5.25 Å². The summed E-state index contributed by atoms with van der Waals surface area (Å²) in [6.45, 7) is 4.10. The molecule has 0 fully saturated rings. The molecule has 3 aromatic rings. The zero-order valence-electron chi connectivity index (χ0n) is 12.5. The zero-order chi connectivity index (χ0) is 15.4. The summed E-state index contributed by atoms with van der Waals surface area (Å²) < 4.78 is 5.29. The first-order chi connectivity index (χ1) is 10.8. The summed E-state index contributed by atoms with van der Waals surface area (Å²) in [7, 11) is 0. The maximum atomic E-state index is 5.29. The molecule has 3 rings (SSSR count). The van der Waals surface area contributed by atoms with E-state index in [1.54, 1.807) is 0 Å². The Morgan fingerprint density at radius 3 is 2.82 bits per heavy atom. The van der Waals surface area contributed by atoms with Crippen molar-refractivity contribution in [3.05, 3.63) is 42.0 Å². The molecule has 0 saturated heterocycles. The molecule has 22 heavy (non-hydrogen) atoms. The van der Waals surface area contributed by atoms with Crippen LogP contribution < -0.4 is 0 Å². The molecule has 114 valence electrons. The number of hydrogen-bond donors (Lipinski definition) is 1. The van der Waals surface area contributed by atoms with Crippen molar-refractivity contribution in [2.24, 2.45) is 0 Å². The molecule has 1 N–H and O–H groups in total. The summed E-state index contributed by atoms with van der Waals surface area (Å²) in [6.07, 6.45) is 1.83. The Labute approximate surface area is 132 Å². The lowest BCUT2D eigenvalue weighted by Crippen LogP contribution is -1.91. The van der Waals surface area contributed by atoms with Gasteiger partial charge in [0, 0.05) is 12.0 Å². The SMILES string of the molecule is CCCc1noc([C@H](C)Sc2n[nH]c(-c3ccccc3)n2)n1. The fraction of sp³-hybridized carbons (Fsp3) is 0.333. The fourth-order valence-corrected chi connectivity index (χ4v) is 2.75. The van der Waals surface area contributed by atoms with Gasteiger partial charge in [0.15, 0.2) is 11.6 Å². The van der Waals surface area contributed by atoms with Crippen LogP contribution in [0.4, 0.5) is 0 Å². The molecule has 1 aromatic carbocycles. The lowest BCUT2D eigenvalue weighted by Gasteiger charge is -2.01. The Morgan fingerprint density at radius 2 is 2.05 bits per heavy atom. The van der Waals surface area contributed by atoms with E-state index < -0.39 is 0 Å². The Bertz CT molecular complexity index is 724. The summed E-state index contributed by atoms with van der Waals surface area (Å²) in [4.78, 5) is 8.89. The first kappa shape index (κ1) is 14.8. The molecule has 1 atom stereocenters. The predicted octanol–water partition coefficient (Wildman–Crippen LogP) is 3.66. The van der Waals surface area contributed by atoms with E-state index >= 15 is 0 Å². The second-order valence-electron chi connectivity index (χ2n) is 4.89. The number of aryl methyl sites for hydroxylation is 1. The van der Waals surface area contributed by atoms with Crippen LogP contribution in [0.1, 0.15) is 37.2 Å². The number of benzene rings is 1. The van der Waals surface area contributed by atoms with E-state index in [-0.39, 0.29) is 5.25 Å². The lowest BCUT2D eigenvalue weighted by atomic mass is 10.2. The average Bonchev–Trinajstić information content (AvgIpc) is 3.18. The topological polar surface area (TPSA) is 80.5 Å². The normalized spacial score (nSPS) is 12.5. The molecule has 0 aliphatic rings. The molecule has 0 unspecified atom stereocenters. The minimum atomic E-state index is 0.0116. The van der Waals surface area contributed by atoms with Gasteiger partial charge in [-0.2, -0.15) is 4.98 Å². The summed E-state index contributed by atoms with van der Waals surface area (Å²) >= 11 is 1.49. The largest absolute Gasteiger partial charge is 0.338 e. The molecular formula is C15H17N5OS. The monoisotopic (exact) mass is 315 g/mol. The summed E-state index contributed by atoms with van der Waals surface area (Å²) in [6, 6.07) is 9.91. The van der Waals surface area contributed by atoms with Gasteiger partial charge in [-0.1, -0.05) is 54.2 Å². The summed E-state index contributed by atoms with van der Waals surface area (Å²) in [5, 5.41) is 11.8. The third-order valence-electron chi connectivity index (χ3n) is 3.10. The molecule has 0 spiro atoms.